The van der Waals surface area contributed by atoms with E-state index in [1.807, 2.05) is 27.7 Å². The molecule has 5 heteroatoms. The molecule has 0 unspecified atom stereocenters. The Morgan fingerprint density at radius 2 is 1.58 bits per heavy atom. The topological polar surface area (TPSA) is 18.5 Å². The molecule has 1 fully saturated rings. The third kappa shape index (κ3) is 2.54. The Bertz CT molecular complexity index is 484. The SMILES string of the molecule is Cc1ccc(F)c(CB2OC(C)(C)C(C)(C)O2)c1F. The first-order chi connectivity index (χ1) is 8.64. The minimum absolute atomic E-state index is 0.0264. The van der Waals surface area contributed by atoms with Crippen LogP contribution in [0.25, 0.3) is 0 Å². The molecule has 0 amide bonds. The lowest BCUT2D eigenvalue weighted by atomic mass is 9.80. The van der Waals surface area contributed by atoms with Crippen molar-refractivity contribution in [3.63, 3.8) is 0 Å². The monoisotopic (exact) mass is 268 g/mol. The van der Waals surface area contributed by atoms with E-state index in [0.717, 1.165) is 0 Å². The molecule has 0 radical (unpaired) electrons. The second-order valence-corrected chi connectivity index (χ2v) is 6.05. The van der Waals surface area contributed by atoms with Crippen molar-refractivity contribution in [3.05, 3.63) is 34.9 Å². The molecule has 1 saturated heterocycles. The Morgan fingerprint density at radius 1 is 1.05 bits per heavy atom. The summed E-state index contributed by atoms with van der Waals surface area (Å²) in [7, 11) is -0.629. The predicted molar refractivity (Wildman–Crippen MR) is 70.9 cm³/mol. The van der Waals surface area contributed by atoms with Crippen molar-refractivity contribution in [2.45, 2.75) is 52.1 Å². The van der Waals surface area contributed by atoms with E-state index < -0.39 is 30.0 Å². The van der Waals surface area contributed by atoms with Gasteiger partial charge in [-0.1, -0.05) is 6.07 Å². The van der Waals surface area contributed by atoms with E-state index >= 15 is 0 Å². The molecule has 0 saturated carbocycles. The normalized spacial score (nSPS) is 20.9. The molecule has 1 aliphatic rings. The van der Waals surface area contributed by atoms with Gasteiger partial charge in [-0.25, -0.2) is 8.78 Å². The molecule has 1 aliphatic heterocycles. The molecule has 2 rings (SSSR count). The van der Waals surface area contributed by atoms with Crippen molar-refractivity contribution in [1.82, 2.24) is 0 Å². The molecule has 0 bridgehead atoms. The van der Waals surface area contributed by atoms with Crippen LogP contribution in [0, 0.1) is 18.6 Å². The molecular weight excluding hydrogens is 249 g/mol. The molecule has 1 aromatic carbocycles. The molecule has 0 aliphatic carbocycles. The van der Waals surface area contributed by atoms with Gasteiger partial charge in [-0.05, 0) is 46.2 Å². The van der Waals surface area contributed by atoms with Crippen LogP contribution in [0.15, 0.2) is 12.1 Å². The summed E-state index contributed by atoms with van der Waals surface area (Å²) >= 11 is 0. The third-order valence-electron chi connectivity index (χ3n) is 4.05. The van der Waals surface area contributed by atoms with Gasteiger partial charge in [0, 0.05) is 11.9 Å². The van der Waals surface area contributed by atoms with E-state index in [1.54, 1.807) is 6.92 Å². The van der Waals surface area contributed by atoms with E-state index in [0.29, 0.717) is 5.56 Å². The highest BCUT2D eigenvalue weighted by atomic mass is 19.1. The van der Waals surface area contributed by atoms with Crippen LogP contribution in [0.1, 0.15) is 38.8 Å². The van der Waals surface area contributed by atoms with Gasteiger partial charge in [0.2, 0.25) is 0 Å². The predicted octanol–water partition coefficient (Wildman–Crippen LogP) is 3.45. The minimum atomic E-state index is -0.629. The zero-order chi connectivity index (χ0) is 14.4. The number of aryl methyl sites for hydroxylation is 1. The molecule has 0 N–H and O–H groups in total. The Balaban J connectivity index is 2.23. The minimum Gasteiger partial charge on any atom is -0.403 e. The van der Waals surface area contributed by atoms with Gasteiger partial charge in [0.1, 0.15) is 11.6 Å². The average molecular weight is 268 g/mol. The van der Waals surface area contributed by atoms with Gasteiger partial charge in [-0.15, -0.1) is 0 Å². The number of hydrogen-bond acceptors (Lipinski definition) is 2. The van der Waals surface area contributed by atoms with Gasteiger partial charge in [0.25, 0.3) is 0 Å². The fourth-order valence-electron chi connectivity index (χ4n) is 2.12. The molecule has 1 heterocycles. The van der Waals surface area contributed by atoms with E-state index in [-0.39, 0.29) is 11.9 Å². The maximum absolute atomic E-state index is 14.0. The van der Waals surface area contributed by atoms with Crippen molar-refractivity contribution >= 4 is 7.12 Å². The van der Waals surface area contributed by atoms with Crippen molar-refractivity contribution in [2.75, 3.05) is 0 Å². The largest absolute Gasteiger partial charge is 0.462 e. The summed E-state index contributed by atoms with van der Waals surface area (Å²) in [6.45, 7) is 9.26. The fourth-order valence-corrected chi connectivity index (χ4v) is 2.12. The molecule has 19 heavy (non-hydrogen) atoms. The molecule has 0 aromatic heterocycles. The average Bonchev–Trinajstić information content (AvgIpc) is 2.48. The van der Waals surface area contributed by atoms with Gasteiger partial charge in [0.05, 0.1) is 11.2 Å². The fraction of sp³-hybridized carbons (Fsp3) is 0.571. The zero-order valence-corrected chi connectivity index (χ0v) is 12.0. The molecule has 0 spiro atoms. The van der Waals surface area contributed by atoms with E-state index in [4.69, 9.17) is 9.31 Å². The van der Waals surface area contributed by atoms with Gasteiger partial charge in [0.15, 0.2) is 0 Å². The Labute approximate surface area is 113 Å². The quantitative estimate of drug-likeness (QED) is 0.765. The Hall–Kier alpha value is -0.935. The summed E-state index contributed by atoms with van der Waals surface area (Å²) in [5, 5.41) is 0. The van der Waals surface area contributed by atoms with Crippen molar-refractivity contribution < 1.29 is 18.1 Å². The lowest BCUT2D eigenvalue weighted by Crippen LogP contribution is -2.41. The number of rotatable bonds is 2. The third-order valence-corrected chi connectivity index (χ3v) is 4.05. The number of benzene rings is 1. The Kier molecular flexibility index (Phi) is 3.48. The summed E-state index contributed by atoms with van der Waals surface area (Å²) in [6, 6.07) is 2.71. The van der Waals surface area contributed by atoms with Crippen molar-refractivity contribution in [2.24, 2.45) is 0 Å². The second-order valence-electron chi connectivity index (χ2n) is 6.05. The summed E-state index contributed by atoms with van der Waals surface area (Å²) in [6.07, 6.45) is 0.0756. The van der Waals surface area contributed by atoms with Crippen LogP contribution < -0.4 is 0 Å². The van der Waals surface area contributed by atoms with Crippen LogP contribution in [-0.4, -0.2) is 18.3 Å². The van der Waals surface area contributed by atoms with Crippen LogP contribution in [0.4, 0.5) is 8.78 Å². The van der Waals surface area contributed by atoms with Crippen molar-refractivity contribution in [1.29, 1.82) is 0 Å². The summed E-state index contributed by atoms with van der Waals surface area (Å²) in [5.41, 5.74) is -0.533. The summed E-state index contributed by atoms with van der Waals surface area (Å²) in [4.78, 5) is 0. The lowest BCUT2D eigenvalue weighted by Gasteiger charge is -2.32. The number of halogens is 2. The Morgan fingerprint density at radius 3 is 2.11 bits per heavy atom. The first kappa shape index (κ1) is 14.5. The van der Waals surface area contributed by atoms with Gasteiger partial charge >= 0.3 is 7.12 Å². The first-order valence-corrected chi connectivity index (χ1v) is 6.43. The molecule has 0 atom stereocenters. The standard InChI is InChI=1S/C14H19BF2O2/c1-9-6-7-11(16)10(12(9)17)8-15-18-13(2,3)14(4,5)19-15/h6-7H,8H2,1-5H3. The van der Waals surface area contributed by atoms with E-state index in [9.17, 15) is 8.78 Å². The first-order valence-electron chi connectivity index (χ1n) is 6.43. The zero-order valence-electron chi connectivity index (χ0n) is 12.0. The van der Waals surface area contributed by atoms with Crippen LogP contribution in [0.5, 0.6) is 0 Å². The van der Waals surface area contributed by atoms with Gasteiger partial charge in [-0.3, -0.25) is 0 Å². The molecule has 1 aromatic rings. The van der Waals surface area contributed by atoms with E-state index in [2.05, 4.69) is 0 Å². The van der Waals surface area contributed by atoms with Gasteiger partial charge in [-0.2, -0.15) is 0 Å². The molecule has 2 nitrogen and oxygen atoms in total. The van der Waals surface area contributed by atoms with E-state index in [1.165, 1.54) is 12.1 Å². The molecular formula is C14H19BF2O2. The molecule has 104 valence electrons. The maximum Gasteiger partial charge on any atom is 0.462 e. The van der Waals surface area contributed by atoms with Crippen LogP contribution in [0.2, 0.25) is 0 Å². The number of hydrogen-bond donors (Lipinski definition) is 0. The van der Waals surface area contributed by atoms with Crippen molar-refractivity contribution in [3.8, 4) is 0 Å². The smallest absolute Gasteiger partial charge is 0.403 e. The summed E-state index contributed by atoms with van der Waals surface area (Å²) < 4.78 is 39.2. The van der Waals surface area contributed by atoms with Crippen LogP contribution in [0.3, 0.4) is 0 Å². The second kappa shape index (κ2) is 4.56. The maximum atomic E-state index is 14.0. The van der Waals surface area contributed by atoms with Crippen LogP contribution >= 0.6 is 0 Å². The van der Waals surface area contributed by atoms with Gasteiger partial charge < -0.3 is 9.31 Å². The van der Waals surface area contributed by atoms with Crippen LogP contribution in [-0.2, 0) is 15.6 Å². The highest BCUT2D eigenvalue weighted by Gasteiger charge is 2.51. The highest BCUT2D eigenvalue weighted by Crippen LogP contribution is 2.37. The summed E-state index contributed by atoms with van der Waals surface area (Å²) in [5.74, 6) is -1.08. The highest BCUT2D eigenvalue weighted by molar-refractivity contribution is 6.45. The lowest BCUT2D eigenvalue weighted by molar-refractivity contribution is 0.00578.